The summed E-state index contributed by atoms with van der Waals surface area (Å²) in [5.41, 5.74) is 2.65. The van der Waals surface area contributed by atoms with Crippen LogP contribution in [0.2, 0.25) is 5.02 Å². The van der Waals surface area contributed by atoms with Gasteiger partial charge in [0.1, 0.15) is 6.04 Å². The highest BCUT2D eigenvalue weighted by Crippen LogP contribution is 2.23. The first-order chi connectivity index (χ1) is 13.7. The molecule has 2 aromatic rings. The number of aryl methyl sites for hydroxylation is 1. The molecule has 158 valence electrons. The molecule has 0 heterocycles. The number of hydrogen-bond acceptors (Lipinski definition) is 4. The van der Waals surface area contributed by atoms with Crippen LogP contribution in [0.4, 0.5) is 5.69 Å². The molecule has 0 saturated carbocycles. The fourth-order valence-electron chi connectivity index (χ4n) is 2.93. The Bertz CT molecular complexity index is 918. The van der Waals surface area contributed by atoms with Crippen molar-refractivity contribution in [2.75, 3.05) is 22.9 Å². The average Bonchev–Trinajstić information content (AvgIpc) is 2.65. The Balaban J connectivity index is 1.95. The first-order valence-corrected chi connectivity index (χ1v) is 12.8. The van der Waals surface area contributed by atoms with Crippen LogP contribution in [0.15, 0.2) is 48.5 Å². The van der Waals surface area contributed by atoms with Crippen LogP contribution in [0.3, 0.4) is 0 Å². The van der Waals surface area contributed by atoms with Crippen LogP contribution in [0.1, 0.15) is 24.5 Å². The van der Waals surface area contributed by atoms with E-state index in [4.69, 9.17) is 11.6 Å². The number of hydrogen-bond donors (Lipinski definition) is 1. The van der Waals surface area contributed by atoms with Gasteiger partial charge < -0.3 is 5.32 Å². The van der Waals surface area contributed by atoms with Crippen LogP contribution in [0, 0.1) is 6.92 Å². The molecule has 1 amide bonds. The molecular formula is C21H27ClN2O3S2. The molecule has 0 bridgehead atoms. The number of thioether (sulfide) groups is 1. The lowest BCUT2D eigenvalue weighted by atomic mass is 10.1. The summed E-state index contributed by atoms with van der Waals surface area (Å²) in [7, 11) is -3.61. The van der Waals surface area contributed by atoms with E-state index in [1.165, 1.54) is 4.31 Å². The molecule has 0 aliphatic heterocycles. The highest BCUT2D eigenvalue weighted by atomic mass is 35.5. The SMILES string of the molecule is CC[C@@H](C(=O)NCCSCc1cccc(Cl)c1)N(c1ccc(C)cc1)S(C)(=O)=O. The molecule has 2 aromatic carbocycles. The summed E-state index contributed by atoms with van der Waals surface area (Å²) in [4.78, 5) is 12.7. The third-order valence-corrected chi connectivity index (χ3v) is 6.77. The van der Waals surface area contributed by atoms with Crippen molar-refractivity contribution in [3.8, 4) is 0 Å². The largest absolute Gasteiger partial charge is 0.353 e. The molecule has 0 unspecified atom stereocenters. The molecule has 29 heavy (non-hydrogen) atoms. The van der Waals surface area contributed by atoms with E-state index in [0.717, 1.165) is 28.9 Å². The van der Waals surface area contributed by atoms with E-state index in [9.17, 15) is 13.2 Å². The van der Waals surface area contributed by atoms with Gasteiger partial charge in [0.15, 0.2) is 0 Å². The van der Waals surface area contributed by atoms with E-state index in [1.807, 2.05) is 50.2 Å². The van der Waals surface area contributed by atoms with Crippen molar-refractivity contribution in [1.82, 2.24) is 5.32 Å². The molecule has 0 aromatic heterocycles. The van der Waals surface area contributed by atoms with Crippen molar-refractivity contribution < 1.29 is 13.2 Å². The molecule has 0 saturated heterocycles. The zero-order valence-corrected chi connectivity index (χ0v) is 19.3. The molecule has 0 aliphatic carbocycles. The van der Waals surface area contributed by atoms with Crippen molar-refractivity contribution in [1.29, 1.82) is 0 Å². The lowest BCUT2D eigenvalue weighted by molar-refractivity contribution is -0.122. The third kappa shape index (κ3) is 7.24. The topological polar surface area (TPSA) is 66.5 Å². The Morgan fingerprint density at radius 3 is 2.48 bits per heavy atom. The molecule has 0 radical (unpaired) electrons. The van der Waals surface area contributed by atoms with E-state index >= 15 is 0 Å². The Kier molecular flexibility index (Phi) is 8.86. The van der Waals surface area contributed by atoms with E-state index in [-0.39, 0.29) is 5.91 Å². The number of nitrogens with one attached hydrogen (secondary N) is 1. The number of carbonyl (C=O) groups excluding carboxylic acids is 1. The second kappa shape index (κ2) is 10.9. The zero-order valence-electron chi connectivity index (χ0n) is 16.9. The minimum atomic E-state index is -3.61. The Morgan fingerprint density at radius 1 is 1.21 bits per heavy atom. The maximum absolute atomic E-state index is 12.7. The molecule has 0 fully saturated rings. The molecule has 8 heteroatoms. The fraction of sp³-hybridized carbons (Fsp3) is 0.381. The van der Waals surface area contributed by atoms with Gasteiger partial charge in [0, 0.05) is 23.1 Å². The Labute approximate surface area is 182 Å². The molecule has 1 atom stereocenters. The number of benzene rings is 2. The predicted molar refractivity (Wildman–Crippen MR) is 123 cm³/mol. The monoisotopic (exact) mass is 454 g/mol. The standard InChI is InChI=1S/C21H27ClN2O3S2/c1-4-20(24(29(3,26)27)19-10-8-16(2)9-11-19)21(25)23-12-13-28-15-17-6-5-7-18(22)14-17/h5-11,14,20H,4,12-13,15H2,1-3H3,(H,23,25)/t20-/m0/s1. The number of sulfonamides is 1. The second-order valence-corrected chi connectivity index (χ2v) is 10.2. The average molecular weight is 455 g/mol. The van der Waals surface area contributed by atoms with Crippen LogP contribution >= 0.6 is 23.4 Å². The van der Waals surface area contributed by atoms with Crippen LogP contribution in [0.5, 0.6) is 0 Å². The van der Waals surface area contributed by atoms with Gasteiger partial charge in [-0.3, -0.25) is 9.10 Å². The minimum Gasteiger partial charge on any atom is -0.353 e. The van der Waals surface area contributed by atoms with E-state index in [0.29, 0.717) is 23.7 Å². The first kappa shape index (κ1) is 23.6. The zero-order chi connectivity index (χ0) is 21.4. The summed E-state index contributed by atoms with van der Waals surface area (Å²) in [6.45, 7) is 4.20. The number of anilines is 1. The third-order valence-electron chi connectivity index (χ3n) is 4.32. The number of rotatable bonds is 10. The van der Waals surface area contributed by atoms with Gasteiger partial charge in [0.25, 0.3) is 0 Å². The molecule has 0 aliphatic rings. The van der Waals surface area contributed by atoms with Gasteiger partial charge in [0.05, 0.1) is 11.9 Å². The van der Waals surface area contributed by atoms with E-state index in [2.05, 4.69) is 5.32 Å². The number of nitrogens with zero attached hydrogens (tertiary/aromatic N) is 1. The minimum absolute atomic E-state index is 0.290. The summed E-state index contributed by atoms with van der Waals surface area (Å²) in [5.74, 6) is 1.23. The highest BCUT2D eigenvalue weighted by Gasteiger charge is 2.31. The van der Waals surface area contributed by atoms with Crippen molar-refractivity contribution in [2.24, 2.45) is 0 Å². The van der Waals surface area contributed by atoms with Crippen LogP contribution in [-0.2, 0) is 20.6 Å². The second-order valence-electron chi connectivity index (χ2n) is 6.79. The van der Waals surface area contributed by atoms with Gasteiger partial charge in [-0.2, -0.15) is 11.8 Å². The van der Waals surface area contributed by atoms with Gasteiger partial charge in [-0.15, -0.1) is 0 Å². The Hall–Kier alpha value is -1.70. The summed E-state index contributed by atoms with van der Waals surface area (Å²) < 4.78 is 26.0. The molecule has 2 rings (SSSR count). The van der Waals surface area contributed by atoms with Crippen molar-refractivity contribution in [2.45, 2.75) is 32.1 Å². The van der Waals surface area contributed by atoms with Gasteiger partial charge in [-0.05, 0) is 43.2 Å². The van der Waals surface area contributed by atoms with Gasteiger partial charge >= 0.3 is 0 Å². The lowest BCUT2D eigenvalue weighted by Gasteiger charge is -2.30. The summed E-state index contributed by atoms with van der Waals surface area (Å²) in [5, 5.41) is 3.58. The van der Waals surface area contributed by atoms with Crippen LogP contribution < -0.4 is 9.62 Å². The molecule has 5 nitrogen and oxygen atoms in total. The summed E-state index contributed by atoms with van der Waals surface area (Å²) in [6, 6.07) is 14.0. The summed E-state index contributed by atoms with van der Waals surface area (Å²) in [6.07, 6.45) is 1.51. The van der Waals surface area contributed by atoms with Crippen molar-refractivity contribution >= 4 is 45.0 Å². The van der Waals surface area contributed by atoms with Gasteiger partial charge in [-0.25, -0.2) is 8.42 Å². The van der Waals surface area contributed by atoms with Crippen molar-refractivity contribution in [3.05, 3.63) is 64.7 Å². The fourth-order valence-corrected chi connectivity index (χ4v) is 5.16. The Morgan fingerprint density at radius 2 is 1.90 bits per heavy atom. The number of carbonyl (C=O) groups is 1. The van der Waals surface area contributed by atoms with Crippen molar-refractivity contribution in [3.63, 3.8) is 0 Å². The number of amides is 1. The smallest absolute Gasteiger partial charge is 0.243 e. The van der Waals surface area contributed by atoms with Crippen LogP contribution in [0.25, 0.3) is 0 Å². The molecule has 0 spiro atoms. The van der Waals surface area contributed by atoms with Gasteiger partial charge in [-0.1, -0.05) is 48.4 Å². The first-order valence-electron chi connectivity index (χ1n) is 9.38. The normalized spacial score (nSPS) is 12.4. The summed E-state index contributed by atoms with van der Waals surface area (Å²) >= 11 is 7.67. The van der Waals surface area contributed by atoms with Crippen LogP contribution in [-0.4, -0.2) is 38.9 Å². The predicted octanol–water partition coefficient (Wildman–Crippen LogP) is 4.24. The lowest BCUT2D eigenvalue weighted by Crippen LogP contribution is -2.49. The maximum Gasteiger partial charge on any atom is 0.243 e. The van der Waals surface area contributed by atoms with E-state index < -0.39 is 16.1 Å². The highest BCUT2D eigenvalue weighted by molar-refractivity contribution is 7.98. The maximum atomic E-state index is 12.7. The molecular weight excluding hydrogens is 428 g/mol. The number of halogens is 1. The van der Waals surface area contributed by atoms with Gasteiger partial charge in [0.2, 0.25) is 15.9 Å². The molecule has 1 N–H and O–H groups in total. The quantitative estimate of drug-likeness (QED) is 0.545. The van der Waals surface area contributed by atoms with E-state index in [1.54, 1.807) is 23.9 Å².